The molecule has 2 aromatic heterocycles. The Morgan fingerprint density at radius 3 is 3.11 bits per heavy atom. The largest absolute Gasteiger partial charge is 0.475 e. The highest BCUT2D eigenvalue weighted by molar-refractivity contribution is 7.98. The molecular weight excluding hydrogens is 270 g/mol. The van der Waals surface area contributed by atoms with Crippen LogP contribution in [-0.2, 0) is 5.75 Å². The summed E-state index contributed by atoms with van der Waals surface area (Å²) < 4.78 is 6.53. The number of aromatic nitrogens is 3. The molecule has 0 aromatic carbocycles. The fraction of sp³-hybridized carbons (Fsp3) is 0.364. The number of hydrogen-bond acceptors (Lipinski definition) is 5. The van der Waals surface area contributed by atoms with Gasteiger partial charge in [0.1, 0.15) is 0 Å². The van der Waals surface area contributed by atoms with Crippen molar-refractivity contribution in [1.82, 2.24) is 14.8 Å². The fourth-order valence-corrected chi connectivity index (χ4v) is 2.82. The molecule has 2 N–H and O–H groups in total. The SMILES string of the molecule is O=C(O)c1occc1CSc1n[nH]c(=O)n1C1CC1. The summed E-state index contributed by atoms with van der Waals surface area (Å²) in [6.07, 6.45) is 3.32. The number of carboxylic acid groups (broad SMARTS) is 1. The Balaban J connectivity index is 1.77. The highest BCUT2D eigenvalue weighted by Crippen LogP contribution is 2.36. The van der Waals surface area contributed by atoms with Gasteiger partial charge in [-0.2, -0.15) is 0 Å². The Labute approximate surface area is 111 Å². The number of carbonyl (C=O) groups is 1. The Kier molecular flexibility index (Phi) is 2.94. The molecule has 1 fully saturated rings. The predicted octanol–water partition coefficient (Wildman–Crippen LogP) is 1.49. The molecule has 0 unspecified atom stereocenters. The first kappa shape index (κ1) is 12.1. The van der Waals surface area contributed by atoms with Crippen LogP contribution in [0.4, 0.5) is 0 Å². The molecule has 1 aliphatic carbocycles. The van der Waals surface area contributed by atoms with E-state index >= 15 is 0 Å². The second kappa shape index (κ2) is 4.61. The zero-order valence-electron chi connectivity index (χ0n) is 9.83. The third kappa shape index (κ3) is 2.30. The maximum Gasteiger partial charge on any atom is 0.372 e. The predicted molar refractivity (Wildman–Crippen MR) is 66.3 cm³/mol. The van der Waals surface area contributed by atoms with Crippen molar-refractivity contribution in [2.75, 3.05) is 0 Å². The Hall–Kier alpha value is -1.96. The summed E-state index contributed by atoms with van der Waals surface area (Å²) >= 11 is 1.32. The van der Waals surface area contributed by atoms with Gasteiger partial charge in [-0.1, -0.05) is 11.8 Å². The lowest BCUT2D eigenvalue weighted by molar-refractivity contribution is 0.0661. The Bertz CT molecular complexity index is 668. The lowest BCUT2D eigenvalue weighted by Crippen LogP contribution is -2.16. The number of nitrogens with zero attached hydrogens (tertiary/aromatic N) is 2. The number of nitrogens with one attached hydrogen (secondary N) is 1. The van der Waals surface area contributed by atoms with Crippen LogP contribution in [-0.4, -0.2) is 25.8 Å². The molecule has 0 radical (unpaired) electrons. The molecule has 7 nitrogen and oxygen atoms in total. The summed E-state index contributed by atoms with van der Waals surface area (Å²) in [5.41, 5.74) is 0.367. The third-order valence-corrected chi connectivity index (χ3v) is 3.88. The van der Waals surface area contributed by atoms with Gasteiger partial charge in [-0.15, -0.1) is 5.10 Å². The molecule has 1 saturated carbocycles. The number of rotatable bonds is 5. The number of furan rings is 1. The van der Waals surface area contributed by atoms with E-state index in [1.54, 1.807) is 10.6 Å². The van der Waals surface area contributed by atoms with Crippen LogP contribution in [0.3, 0.4) is 0 Å². The van der Waals surface area contributed by atoms with Crippen LogP contribution in [0.1, 0.15) is 35.0 Å². The van der Waals surface area contributed by atoms with Crippen LogP contribution in [0.25, 0.3) is 0 Å². The van der Waals surface area contributed by atoms with E-state index in [0.29, 0.717) is 16.5 Å². The Morgan fingerprint density at radius 1 is 1.63 bits per heavy atom. The molecule has 2 aromatic rings. The van der Waals surface area contributed by atoms with Crippen molar-refractivity contribution in [1.29, 1.82) is 0 Å². The third-order valence-electron chi connectivity index (χ3n) is 2.88. The fourth-order valence-electron chi connectivity index (χ4n) is 1.83. The monoisotopic (exact) mass is 281 g/mol. The molecule has 0 saturated heterocycles. The maximum atomic E-state index is 11.6. The zero-order valence-corrected chi connectivity index (χ0v) is 10.6. The van der Waals surface area contributed by atoms with E-state index in [1.165, 1.54) is 18.0 Å². The minimum atomic E-state index is -1.10. The van der Waals surface area contributed by atoms with Crippen molar-refractivity contribution < 1.29 is 14.3 Å². The summed E-state index contributed by atoms with van der Waals surface area (Å²) in [5, 5.41) is 15.9. The highest BCUT2D eigenvalue weighted by atomic mass is 32.2. The average molecular weight is 281 g/mol. The molecule has 2 heterocycles. The van der Waals surface area contributed by atoms with E-state index in [4.69, 9.17) is 9.52 Å². The summed E-state index contributed by atoms with van der Waals surface area (Å²) in [7, 11) is 0. The van der Waals surface area contributed by atoms with Crippen molar-refractivity contribution in [3.05, 3.63) is 34.1 Å². The van der Waals surface area contributed by atoms with Gasteiger partial charge in [-0.25, -0.2) is 14.7 Å². The smallest absolute Gasteiger partial charge is 0.372 e. The highest BCUT2D eigenvalue weighted by Gasteiger charge is 2.28. The van der Waals surface area contributed by atoms with Gasteiger partial charge in [0.25, 0.3) is 0 Å². The second-order valence-electron chi connectivity index (χ2n) is 4.28. The first-order valence-electron chi connectivity index (χ1n) is 5.76. The molecule has 0 aliphatic heterocycles. The van der Waals surface area contributed by atoms with Crippen LogP contribution in [0.2, 0.25) is 0 Å². The van der Waals surface area contributed by atoms with Crippen molar-refractivity contribution >= 4 is 17.7 Å². The quantitative estimate of drug-likeness (QED) is 0.805. The van der Waals surface area contributed by atoms with Gasteiger partial charge in [0.15, 0.2) is 5.16 Å². The lowest BCUT2D eigenvalue weighted by atomic mass is 10.3. The second-order valence-corrected chi connectivity index (χ2v) is 5.22. The van der Waals surface area contributed by atoms with Gasteiger partial charge in [0.05, 0.1) is 6.26 Å². The number of H-pyrrole nitrogens is 1. The van der Waals surface area contributed by atoms with E-state index in [-0.39, 0.29) is 17.5 Å². The van der Waals surface area contributed by atoms with Gasteiger partial charge in [-0.3, -0.25) is 4.57 Å². The van der Waals surface area contributed by atoms with Gasteiger partial charge in [0.2, 0.25) is 5.76 Å². The Morgan fingerprint density at radius 2 is 2.42 bits per heavy atom. The van der Waals surface area contributed by atoms with E-state index in [2.05, 4.69) is 10.2 Å². The summed E-state index contributed by atoms with van der Waals surface area (Å²) in [6.45, 7) is 0. The molecule has 0 spiro atoms. The molecule has 0 bridgehead atoms. The van der Waals surface area contributed by atoms with Gasteiger partial charge in [0, 0.05) is 17.4 Å². The molecule has 0 atom stereocenters. The van der Waals surface area contributed by atoms with Gasteiger partial charge >= 0.3 is 11.7 Å². The van der Waals surface area contributed by atoms with Crippen molar-refractivity contribution in [2.24, 2.45) is 0 Å². The first-order valence-corrected chi connectivity index (χ1v) is 6.74. The maximum absolute atomic E-state index is 11.6. The van der Waals surface area contributed by atoms with E-state index in [9.17, 15) is 9.59 Å². The molecule has 3 rings (SSSR count). The molecule has 19 heavy (non-hydrogen) atoms. The summed E-state index contributed by atoms with van der Waals surface area (Å²) in [6, 6.07) is 1.85. The number of thioether (sulfide) groups is 1. The zero-order chi connectivity index (χ0) is 13.4. The molecule has 0 amide bonds. The molecule has 1 aliphatic rings. The van der Waals surface area contributed by atoms with Crippen LogP contribution >= 0.6 is 11.8 Å². The van der Waals surface area contributed by atoms with Crippen LogP contribution in [0.5, 0.6) is 0 Å². The van der Waals surface area contributed by atoms with E-state index in [1.807, 2.05) is 0 Å². The van der Waals surface area contributed by atoms with E-state index < -0.39 is 5.97 Å². The van der Waals surface area contributed by atoms with Crippen LogP contribution in [0.15, 0.2) is 26.7 Å². The first-order chi connectivity index (χ1) is 9.16. The number of aromatic amines is 1. The summed E-state index contributed by atoms with van der Waals surface area (Å²) in [5.74, 6) is -0.764. The number of hydrogen-bond donors (Lipinski definition) is 2. The molecule has 100 valence electrons. The topological polar surface area (TPSA) is 101 Å². The van der Waals surface area contributed by atoms with E-state index in [0.717, 1.165) is 12.8 Å². The van der Waals surface area contributed by atoms with Gasteiger partial charge in [-0.05, 0) is 18.9 Å². The average Bonchev–Trinajstić information content (AvgIpc) is 2.97. The minimum Gasteiger partial charge on any atom is -0.475 e. The number of aromatic carboxylic acids is 1. The minimum absolute atomic E-state index is 0.0663. The lowest BCUT2D eigenvalue weighted by Gasteiger charge is -2.02. The van der Waals surface area contributed by atoms with Gasteiger partial charge < -0.3 is 9.52 Å². The molecular formula is C11H11N3O4S. The normalized spacial score (nSPS) is 14.7. The number of carboxylic acids is 1. The van der Waals surface area contributed by atoms with Crippen molar-refractivity contribution in [2.45, 2.75) is 29.8 Å². The standard InChI is InChI=1S/C11H11N3O4S/c15-9(16)8-6(3-4-18-8)5-19-11-13-12-10(17)14(11)7-1-2-7/h3-4,7H,1-2,5H2,(H,12,17)(H,15,16). The van der Waals surface area contributed by atoms with Crippen LogP contribution in [0, 0.1) is 0 Å². The van der Waals surface area contributed by atoms with Crippen molar-refractivity contribution in [3.8, 4) is 0 Å². The summed E-state index contributed by atoms with van der Waals surface area (Å²) in [4.78, 5) is 22.5. The van der Waals surface area contributed by atoms with Crippen molar-refractivity contribution in [3.63, 3.8) is 0 Å². The van der Waals surface area contributed by atoms with Crippen LogP contribution < -0.4 is 5.69 Å². The molecule has 8 heteroatoms.